The molecule has 1 aromatic carbocycles. The number of aryl methyl sites for hydroxylation is 1. The number of hydrogen-bond acceptors (Lipinski definition) is 5. The predicted molar refractivity (Wildman–Crippen MR) is 92.1 cm³/mol. The maximum Gasteiger partial charge on any atom is 0.271 e. The Bertz CT molecular complexity index is 919. The normalized spacial score (nSPS) is 15.3. The summed E-state index contributed by atoms with van der Waals surface area (Å²) in [5.41, 5.74) is 1.89. The number of hydrogen-bond donors (Lipinski definition) is 1. The van der Waals surface area contributed by atoms with Crippen LogP contribution >= 0.6 is 11.3 Å². The highest BCUT2D eigenvalue weighted by molar-refractivity contribution is 7.94. The molecule has 9 heteroatoms. The van der Waals surface area contributed by atoms with Crippen molar-refractivity contribution in [1.29, 1.82) is 0 Å². The van der Waals surface area contributed by atoms with E-state index >= 15 is 0 Å². The zero-order valence-corrected chi connectivity index (χ0v) is 14.8. The summed E-state index contributed by atoms with van der Waals surface area (Å²) < 4.78 is 52.3. The Morgan fingerprint density at radius 2 is 1.96 bits per heavy atom. The van der Waals surface area contributed by atoms with Gasteiger partial charge in [-0.1, -0.05) is 6.07 Å². The van der Waals surface area contributed by atoms with E-state index in [2.05, 4.69) is 4.72 Å². The number of benzene rings is 1. The van der Waals surface area contributed by atoms with Gasteiger partial charge in [0.05, 0.1) is 11.9 Å². The Morgan fingerprint density at radius 3 is 2.61 bits per heavy atom. The molecule has 1 aromatic heterocycles. The summed E-state index contributed by atoms with van der Waals surface area (Å²) in [4.78, 5) is 0. The minimum absolute atomic E-state index is 0.244. The molecule has 124 valence electrons. The molecule has 2 aromatic rings. The summed E-state index contributed by atoms with van der Waals surface area (Å²) in [5, 5.41) is 1.70. The molecule has 3 rings (SSSR count). The first-order valence-electron chi connectivity index (χ1n) is 6.94. The summed E-state index contributed by atoms with van der Waals surface area (Å²) in [6.45, 7) is 0.450. The van der Waals surface area contributed by atoms with E-state index in [9.17, 15) is 16.8 Å². The van der Waals surface area contributed by atoms with Crippen LogP contribution in [0.2, 0.25) is 0 Å². The molecule has 0 atom stereocenters. The Hall–Kier alpha value is -1.58. The van der Waals surface area contributed by atoms with Crippen LogP contribution in [0.15, 0.2) is 39.9 Å². The molecule has 0 radical (unpaired) electrons. The Balaban J connectivity index is 1.93. The molecule has 0 bridgehead atoms. The van der Waals surface area contributed by atoms with E-state index in [1.807, 2.05) is 0 Å². The number of anilines is 2. The second kappa shape index (κ2) is 5.81. The van der Waals surface area contributed by atoms with Crippen LogP contribution in [0.3, 0.4) is 0 Å². The number of thiophene rings is 1. The Labute approximate surface area is 139 Å². The highest BCUT2D eigenvalue weighted by Crippen LogP contribution is 2.32. The number of nitrogens with zero attached hydrogens (tertiary/aromatic N) is 1. The lowest BCUT2D eigenvalue weighted by Gasteiger charge is -2.29. The summed E-state index contributed by atoms with van der Waals surface area (Å²) in [5.74, 6) is 0. The lowest BCUT2D eigenvalue weighted by Crippen LogP contribution is -2.34. The fraction of sp³-hybridized carbons (Fsp3) is 0.286. The lowest BCUT2D eigenvalue weighted by molar-refractivity contribution is 0.592. The molecule has 0 saturated heterocycles. The molecule has 0 saturated carbocycles. The standard InChI is InChI=1S/C14H16N2O4S3/c1-22(17,18)16-8-2-4-11-10-12(6-7-13(11)16)15-23(19,20)14-5-3-9-21-14/h3,5-7,9-10,15H,2,4,8H2,1H3. The van der Waals surface area contributed by atoms with E-state index in [-0.39, 0.29) is 4.21 Å². The quantitative estimate of drug-likeness (QED) is 0.892. The second-order valence-corrected chi connectivity index (χ2v) is 10.1. The van der Waals surface area contributed by atoms with Crippen molar-refractivity contribution in [2.24, 2.45) is 0 Å². The van der Waals surface area contributed by atoms with Crippen LogP contribution < -0.4 is 9.03 Å². The third-order valence-electron chi connectivity index (χ3n) is 3.57. The highest BCUT2D eigenvalue weighted by Gasteiger charge is 2.24. The molecule has 0 spiro atoms. The lowest BCUT2D eigenvalue weighted by atomic mass is 10.0. The largest absolute Gasteiger partial charge is 0.279 e. The SMILES string of the molecule is CS(=O)(=O)N1CCCc2cc(NS(=O)(=O)c3cccs3)ccc21. The van der Waals surface area contributed by atoms with Gasteiger partial charge < -0.3 is 0 Å². The van der Waals surface area contributed by atoms with Gasteiger partial charge in [0.15, 0.2) is 0 Å². The average molecular weight is 372 g/mol. The smallest absolute Gasteiger partial charge is 0.271 e. The average Bonchev–Trinajstić information content (AvgIpc) is 3.00. The highest BCUT2D eigenvalue weighted by atomic mass is 32.2. The Kier molecular flexibility index (Phi) is 4.11. The van der Waals surface area contributed by atoms with Crippen molar-refractivity contribution in [2.75, 3.05) is 21.8 Å². The molecule has 6 nitrogen and oxygen atoms in total. The van der Waals surface area contributed by atoms with Gasteiger partial charge in [-0.3, -0.25) is 9.03 Å². The molecule has 23 heavy (non-hydrogen) atoms. The molecule has 0 unspecified atom stereocenters. The summed E-state index contributed by atoms with van der Waals surface area (Å²) in [7, 11) is -6.93. The number of rotatable bonds is 4. The minimum Gasteiger partial charge on any atom is -0.279 e. The third kappa shape index (κ3) is 3.36. The fourth-order valence-corrected chi connectivity index (χ4v) is 5.63. The molecule has 2 heterocycles. The van der Waals surface area contributed by atoms with E-state index in [0.29, 0.717) is 24.3 Å². The van der Waals surface area contributed by atoms with E-state index in [1.54, 1.807) is 29.6 Å². The molecule has 0 fully saturated rings. The molecule has 1 aliphatic heterocycles. The molecule has 1 N–H and O–H groups in total. The van der Waals surface area contributed by atoms with Crippen LogP contribution in [-0.4, -0.2) is 29.6 Å². The van der Waals surface area contributed by atoms with Crippen molar-refractivity contribution in [3.63, 3.8) is 0 Å². The van der Waals surface area contributed by atoms with Gasteiger partial charge >= 0.3 is 0 Å². The Morgan fingerprint density at radius 1 is 1.17 bits per heavy atom. The van der Waals surface area contributed by atoms with Crippen molar-refractivity contribution < 1.29 is 16.8 Å². The molecule has 0 amide bonds. The van der Waals surface area contributed by atoms with Gasteiger partial charge in [-0.2, -0.15) is 0 Å². The van der Waals surface area contributed by atoms with Crippen LogP contribution in [0.25, 0.3) is 0 Å². The van der Waals surface area contributed by atoms with Gasteiger partial charge in [-0.15, -0.1) is 11.3 Å². The first-order valence-corrected chi connectivity index (χ1v) is 11.2. The van der Waals surface area contributed by atoms with E-state index in [1.165, 1.54) is 16.6 Å². The van der Waals surface area contributed by atoms with Gasteiger partial charge in [0, 0.05) is 12.2 Å². The van der Waals surface area contributed by atoms with Gasteiger partial charge in [0.2, 0.25) is 10.0 Å². The maximum atomic E-state index is 12.2. The van der Waals surface area contributed by atoms with Gasteiger partial charge in [0.25, 0.3) is 10.0 Å². The first kappa shape index (κ1) is 16.3. The second-order valence-electron chi connectivity index (χ2n) is 5.32. The summed E-state index contributed by atoms with van der Waals surface area (Å²) >= 11 is 1.14. The number of sulfonamides is 2. The van der Waals surface area contributed by atoms with Crippen molar-refractivity contribution in [1.82, 2.24) is 0 Å². The van der Waals surface area contributed by atoms with Crippen molar-refractivity contribution >= 4 is 42.8 Å². The van der Waals surface area contributed by atoms with Crippen LogP contribution in [0.5, 0.6) is 0 Å². The molecular formula is C14H16N2O4S3. The predicted octanol–water partition coefficient (Wildman–Crippen LogP) is 2.26. The summed E-state index contributed by atoms with van der Waals surface area (Å²) in [6, 6.07) is 8.17. The van der Waals surface area contributed by atoms with E-state index in [0.717, 1.165) is 23.3 Å². The van der Waals surface area contributed by atoms with Crippen LogP contribution in [0, 0.1) is 0 Å². The first-order chi connectivity index (χ1) is 10.8. The molecule has 0 aliphatic carbocycles. The number of nitrogens with one attached hydrogen (secondary N) is 1. The van der Waals surface area contributed by atoms with Gasteiger partial charge in [-0.25, -0.2) is 16.8 Å². The fourth-order valence-electron chi connectivity index (χ4n) is 2.59. The zero-order chi connectivity index (χ0) is 16.7. The molecule has 1 aliphatic rings. The monoisotopic (exact) mass is 372 g/mol. The molecular weight excluding hydrogens is 356 g/mol. The minimum atomic E-state index is -3.60. The summed E-state index contributed by atoms with van der Waals surface area (Å²) in [6.07, 6.45) is 2.60. The maximum absolute atomic E-state index is 12.2. The van der Waals surface area contributed by atoms with Crippen LogP contribution in [0.1, 0.15) is 12.0 Å². The van der Waals surface area contributed by atoms with E-state index < -0.39 is 20.0 Å². The zero-order valence-electron chi connectivity index (χ0n) is 12.4. The van der Waals surface area contributed by atoms with Gasteiger partial charge in [-0.05, 0) is 48.1 Å². The van der Waals surface area contributed by atoms with Gasteiger partial charge in [0.1, 0.15) is 4.21 Å². The van der Waals surface area contributed by atoms with Crippen LogP contribution in [0.4, 0.5) is 11.4 Å². The third-order valence-corrected chi connectivity index (χ3v) is 7.53. The number of fused-ring (bicyclic) bond motifs is 1. The van der Waals surface area contributed by atoms with Crippen molar-refractivity contribution in [3.05, 3.63) is 41.3 Å². The van der Waals surface area contributed by atoms with Crippen LogP contribution in [-0.2, 0) is 26.5 Å². The van der Waals surface area contributed by atoms with Crippen molar-refractivity contribution in [3.8, 4) is 0 Å². The van der Waals surface area contributed by atoms with E-state index in [4.69, 9.17) is 0 Å². The van der Waals surface area contributed by atoms with Crippen molar-refractivity contribution in [2.45, 2.75) is 17.1 Å². The topological polar surface area (TPSA) is 83.6 Å².